The van der Waals surface area contributed by atoms with Crippen molar-refractivity contribution in [2.75, 3.05) is 53.3 Å². The summed E-state index contributed by atoms with van der Waals surface area (Å²) < 4.78 is 22.4. The van der Waals surface area contributed by atoms with Gasteiger partial charge in [0.15, 0.2) is 0 Å². The summed E-state index contributed by atoms with van der Waals surface area (Å²) in [5.74, 6) is 0.624. The maximum absolute atomic E-state index is 6.14. The number of rotatable bonds is 8. The molecule has 0 amide bonds. The summed E-state index contributed by atoms with van der Waals surface area (Å²) in [5.41, 5.74) is 0.0569. The number of likely N-dealkylation sites (N-methyl/N-ethyl adjacent to an activating group) is 1. The number of nitrogens with one attached hydrogen (secondary N) is 1. The van der Waals surface area contributed by atoms with Gasteiger partial charge in [-0.3, -0.25) is 0 Å². The van der Waals surface area contributed by atoms with Gasteiger partial charge in [0, 0.05) is 33.0 Å². The summed E-state index contributed by atoms with van der Waals surface area (Å²) in [6.45, 7) is 7.76. The Balaban J connectivity index is 1.85. The van der Waals surface area contributed by atoms with Crippen LogP contribution in [0.3, 0.4) is 0 Å². The zero-order valence-electron chi connectivity index (χ0n) is 13.6. The van der Waals surface area contributed by atoms with Crippen LogP contribution >= 0.6 is 0 Å². The van der Waals surface area contributed by atoms with Crippen LogP contribution in [-0.4, -0.2) is 64.9 Å². The number of hydrogen-bond donors (Lipinski definition) is 1. The van der Waals surface area contributed by atoms with Crippen LogP contribution in [0.1, 0.15) is 32.6 Å². The van der Waals surface area contributed by atoms with E-state index in [4.69, 9.17) is 18.9 Å². The maximum atomic E-state index is 6.14. The van der Waals surface area contributed by atoms with E-state index in [9.17, 15) is 0 Å². The van der Waals surface area contributed by atoms with Crippen LogP contribution in [0.15, 0.2) is 0 Å². The maximum Gasteiger partial charge on any atom is 0.0729 e. The molecule has 2 atom stereocenters. The molecule has 0 aromatic carbocycles. The molecule has 5 heteroatoms. The predicted octanol–water partition coefficient (Wildman–Crippen LogP) is 1.60. The van der Waals surface area contributed by atoms with Crippen LogP contribution in [0, 0.1) is 5.92 Å². The first-order chi connectivity index (χ1) is 10.3. The SMILES string of the molecule is CCNC(COCCOC)C1CCOC2(CCOCC2)C1. The molecule has 2 aliphatic heterocycles. The largest absolute Gasteiger partial charge is 0.382 e. The van der Waals surface area contributed by atoms with Crippen molar-refractivity contribution in [2.24, 2.45) is 5.92 Å². The fourth-order valence-electron chi connectivity index (χ4n) is 3.48. The Morgan fingerprint density at radius 1 is 1.24 bits per heavy atom. The van der Waals surface area contributed by atoms with Crippen LogP contribution in [0.2, 0.25) is 0 Å². The Kier molecular flexibility index (Phi) is 7.40. The van der Waals surface area contributed by atoms with E-state index in [-0.39, 0.29) is 5.60 Å². The summed E-state index contributed by atoms with van der Waals surface area (Å²) in [7, 11) is 1.71. The van der Waals surface area contributed by atoms with E-state index in [1.807, 2.05) is 0 Å². The lowest BCUT2D eigenvalue weighted by molar-refractivity contribution is -0.152. The molecular weight excluding hydrogens is 270 g/mol. The van der Waals surface area contributed by atoms with Gasteiger partial charge >= 0.3 is 0 Å². The van der Waals surface area contributed by atoms with E-state index >= 15 is 0 Å². The predicted molar refractivity (Wildman–Crippen MR) is 81.6 cm³/mol. The summed E-state index contributed by atoms with van der Waals surface area (Å²) in [6, 6.07) is 0.412. The summed E-state index contributed by atoms with van der Waals surface area (Å²) >= 11 is 0. The minimum atomic E-state index is 0.0569. The molecule has 1 spiro atoms. The van der Waals surface area contributed by atoms with E-state index in [0.29, 0.717) is 25.2 Å². The highest BCUT2D eigenvalue weighted by Crippen LogP contribution is 2.38. The van der Waals surface area contributed by atoms with Gasteiger partial charge in [0.2, 0.25) is 0 Å². The molecule has 2 unspecified atom stereocenters. The Labute approximate surface area is 128 Å². The molecule has 0 radical (unpaired) electrons. The summed E-state index contributed by atoms with van der Waals surface area (Å²) in [5, 5.41) is 3.60. The Morgan fingerprint density at radius 3 is 2.76 bits per heavy atom. The Hall–Kier alpha value is -0.200. The smallest absolute Gasteiger partial charge is 0.0729 e. The molecule has 0 aliphatic carbocycles. The van der Waals surface area contributed by atoms with Gasteiger partial charge in [-0.15, -0.1) is 0 Å². The van der Waals surface area contributed by atoms with Crippen LogP contribution < -0.4 is 5.32 Å². The van der Waals surface area contributed by atoms with Crippen molar-refractivity contribution in [2.45, 2.75) is 44.2 Å². The third kappa shape index (κ3) is 5.18. The van der Waals surface area contributed by atoms with Crippen molar-refractivity contribution >= 4 is 0 Å². The minimum Gasteiger partial charge on any atom is -0.382 e. The van der Waals surface area contributed by atoms with Crippen molar-refractivity contribution in [3.63, 3.8) is 0 Å². The van der Waals surface area contributed by atoms with Gasteiger partial charge in [-0.1, -0.05) is 6.92 Å². The van der Waals surface area contributed by atoms with Crippen LogP contribution in [0.4, 0.5) is 0 Å². The van der Waals surface area contributed by atoms with E-state index in [0.717, 1.165) is 58.7 Å². The molecule has 2 aliphatic rings. The summed E-state index contributed by atoms with van der Waals surface area (Å²) in [4.78, 5) is 0. The second-order valence-corrected chi connectivity index (χ2v) is 6.13. The molecule has 0 saturated carbocycles. The topological polar surface area (TPSA) is 49.0 Å². The highest BCUT2D eigenvalue weighted by molar-refractivity contribution is 4.92. The van der Waals surface area contributed by atoms with Crippen LogP contribution in [0.5, 0.6) is 0 Å². The molecule has 0 bridgehead atoms. The zero-order valence-corrected chi connectivity index (χ0v) is 13.6. The first-order valence-corrected chi connectivity index (χ1v) is 8.31. The van der Waals surface area contributed by atoms with E-state index < -0.39 is 0 Å². The zero-order chi connectivity index (χ0) is 15.0. The van der Waals surface area contributed by atoms with E-state index in [1.165, 1.54) is 0 Å². The van der Waals surface area contributed by atoms with Crippen molar-refractivity contribution in [1.82, 2.24) is 5.32 Å². The van der Waals surface area contributed by atoms with Gasteiger partial charge in [0.1, 0.15) is 0 Å². The fourth-order valence-corrected chi connectivity index (χ4v) is 3.48. The van der Waals surface area contributed by atoms with Gasteiger partial charge in [-0.05, 0) is 38.1 Å². The molecular formula is C16H31NO4. The molecule has 2 heterocycles. The highest BCUT2D eigenvalue weighted by Gasteiger charge is 2.41. The lowest BCUT2D eigenvalue weighted by atomic mass is 9.78. The average Bonchev–Trinajstić information content (AvgIpc) is 2.51. The average molecular weight is 301 g/mol. The van der Waals surface area contributed by atoms with Crippen LogP contribution in [0.25, 0.3) is 0 Å². The second-order valence-electron chi connectivity index (χ2n) is 6.13. The second kappa shape index (κ2) is 9.06. The number of methoxy groups -OCH3 is 1. The Morgan fingerprint density at radius 2 is 2.05 bits per heavy atom. The first kappa shape index (κ1) is 17.2. The normalized spacial score (nSPS) is 26.9. The van der Waals surface area contributed by atoms with E-state index in [1.54, 1.807) is 7.11 Å². The standard InChI is InChI=1S/C16H31NO4/c1-3-17-15(13-20-11-10-18-2)14-4-7-21-16(12-14)5-8-19-9-6-16/h14-15,17H,3-13H2,1-2H3. The molecule has 0 aromatic heterocycles. The van der Waals surface area contributed by atoms with Crippen LogP contribution in [-0.2, 0) is 18.9 Å². The van der Waals surface area contributed by atoms with Crippen molar-refractivity contribution in [3.8, 4) is 0 Å². The Bertz CT molecular complexity index is 276. The molecule has 2 saturated heterocycles. The van der Waals surface area contributed by atoms with Gasteiger partial charge in [-0.25, -0.2) is 0 Å². The fraction of sp³-hybridized carbons (Fsp3) is 1.00. The molecule has 124 valence electrons. The first-order valence-electron chi connectivity index (χ1n) is 8.31. The van der Waals surface area contributed by atoms with Crippen molar-refractivity contribution in [1.29, 1.82) is 0 Å². The number of hydrogen-bond acceptors (Lipinski definition) is 5. The van der Waals surface area contributed by atoms with Gasteiger partial charge in [-0.2, -0.15) is 0 Å². The third-order valence-electron chi connectivity index (χ3n) is 4.70. The lowest BCUT2D eigenvalue weighted by Crippen LogP contribution is -2.50. The number of ether oxygens (including phenoxy) is 4. The molecule has 2 rings (SSSR count). The quantitative estimate of drug-likeness (QED) is 0.690. The molecule has 0 aromatic rings. The highest BCUT2D eigenvalue weighted by atomic mass is 16.5. The van der Waals surface area contributed by atoms with Gasteiger partial charge in [0.05, 0.1) is 25.4 Å². The van der Waals surface area contributed by atoms with Crippen molar-refractivity contribution < 1.29 is 18.9 Å². The lowest BCUT2D eigenvalue weighted by Gasteiger charge is -2.45. The molecule has 2 fully saturated rings. The molecule has 21 heavy (non-hydrogen) atoms. The monoisotopic (exact) mass is 301 g/mol. The minimum absolute atomic E-state index is 0.0569. The van der Waals surface area contributed by atoms with E-state index in [2.05, 4.69) is 12.2 Å². The van der Waals surface area contributed by atoms with Gasteiger partial charge < -0.3 is 24.3 Å². The molecule has 5 nitrogen and oxygen atoms in total. The third-order valence-corrected chi connectivity index (χ3v) is 4.70. The van der Waals surface area contributed by atoms with Gasteiger partial charge in [0.25, 0.3) is 0 Å². The van der Waals surface area contributed by atoms with Crippen molar-refractivity contribution in [3.05, 3.63) is 0 Å². The summed E-state index contributed by atoms with van der Waals surface area (Å²) in [6.07, 6.45) is 4.31. The molecule has 1 N–H and O–H groups in total.